The number of hydrogen-bond donors (Lipinski definition) is 5. The molecule has 2 heterocycles. The van der Waals surface area contributed by atoms with Gasteiger partial charge in [0.05, 0.1) is 6.61 Å². The Morgan fingerprint density at radius 1 is 1.52 bits per heavy atom. The van der Waals surface area contributed by atoms with Crippen LogP contribution in [-0.4, -0.2) is 56.2 Å². The normalized spacial score (nSPS) is 10.5. The number of nitrogens with zero attached hydrogens (tertiary/aromatic N) is 2. The van der Waals surface area contributed by atoms with E-state index in [9.17, 15) is 4.79 Å². The molecule has 0 saturated carbocycles. The number of fused-ring (bicyclic) bond motifs is 1. The lowest BCUT2D eigenvalue weighted by atomic mass is 10.2. The Labute approximate surface area is 120 Å². The SMILES string of the molecule is CC(=O)O.CN(CCO)Cc1c[nH]c2c(=O)[nH]c(N)nc12. The lowest BCUT2D eigenvalue weighted by molar-refractivity contribution is -0.134. The van der Waals surface area contributed by atoms with Crippen LogP contribution in [0.5, 0.6) is 0 Å². The number of nitrogens with one attached hydrogen (secondary N) is 2. The molecule has 0 bridgehead atoms. The Hall–Kier alpha value is -2.39. The monoisotopic (exact) mass is 297 g/mol. The summed E-state index contributed by atoms with van der Waals surface area (Å²) in [6, 6.07) is 0. The Kier molecular flexibility index (Phi) is 5.88. The van der Waals surface area contributed by atoms with Gasteiger partial charge in [-0.2, -0.15) is 0 Å². The maximum absolute atomic E-state index is 11.6. The fraction of sp³-hybridized carbons (Fsp3) is 0.417. The molecule has 0 aliphatic heterocycles. The highest BCUT2D eigenvalue weighted by atomic mass is 16.4. The zero-order valence-electron chi connectivity index (χ0n) is 11.9. The third-order valence-corrected chi connectivity index (χ3v) is 2.55. The van der Waals surface area contributed by atoms with Gasteiger partial charge in [-0.15, -0.1) is 0 Å². The average Bonchev–Trinajstić information content (AvgIpc) is 2.72. The number of likely N-dealkylation sites (N-methyl/N-ethyl adjacent to an activating group) is 1. The van der Waals surface area contributed by atoms with E-state index in [1.165, 1.54) is 0 Å². The summed E-state index contributed by atoms with van der Waals surface area (Å²) < 4.78 is 0. The van der Waals surface area contributed by atoms with Crippen molar-refractivity contribution in [3.8, 4) is 0 Å². The van der Waals surface area contributed by atoms with Crippen molar-refractivity contribution in [3.63, 3.8) is 0 Å². The fourth-order valence-corrected chi connectivity index (χ4v) is 1.75. The highest BCUT2D eigenvalue weighted by Gasteiger charge is 2.10. The number of carboxylic acids is 1. The molecule has 9 heteroatoms. The van der Waals surface area contributed by atoms with Crippen LogP contribution >= 0.6 is 0 Å². The summed E-state index contributed by atoms with van der Waals surface area (Å²) in [6.45, 7) is 2.33. The minimum Gasteiger partial charge on any atom is -0.481 e. The van der Waals surface area contributed by atoms with E-state index in [2.05, 4.69) is 15.0 Å². The molecule has 0 aliphatic rings. The first-order valence-electron chi connectivity index (χ1n) is 6.19. The molecule has 0 radical (unpaired) electrons. The Morgan fingerprint density at radius 3 is 2.71 bits per heavy atom. The van der Waals surface area contributed by atoms with Crippen molar-refractivity contribution in [1.82, 2.24) is 19.9 Å². The van der Waals surface area contributed by atoms with Crippen LogP contribution in [0.15, 0.2) is 11.0 Å². The zero-order chi connectivity index (χ0) is 16.0. The number of carboxylic acid groups (broad SMARTS) is 1. The summed E-state index contributed by atoms with van der Waals surface area (Å²) in [5.74, 6) is -0.729. The van der Waals surface area contributed by atoms with Gasteiger partial charge in [0, 0.05) is 31.8 Å². The van der Waals surface area contributed by atoms with Gasteiger partial charge in [-0.3, -0.25) is 19.5 Å². The largest absolute Gasteiger partial charge is 0.481 e. The topological polar surface area (TPSA) is 148 Å². The highest BCUT2D eigenvalue weighted by Crippen LogP contribution is 2.14. The van der Waals surface area contributed by atoms with E-state index in [0.717, 1.165) is 12.5 Å². The van der Waals surface area contributed by atoms with Gasteiger partial charge in [-0.1, -0.05) is 0 Å². The number of anilines is 1. The number of aliphatic hydroxyl groups is 1. The molecule has 0 fully saturated rings. The van der Waals surface area contributed by atoms with Crippen LogP contribution in [0.1, 0.15) is 12.5 Å². The van der Waals surface area contributed by atoms with Crippen LogP contribution in [0.4, 0.5) is 5.95 Å². The highest BCUT2D eigenvalue weighted by molar-refractivity contribution is 5.78. The van der Waals surface area contributed by atoms with Crippen molar-refractivity contribution in [2.75, 3.05) is 25.9 Å². The fourth-order valence-electron chi connectivity index (χ4n) is 1.75. The van der Waals surface area contributed by atoms with Crippen molar-refractivity contribution in [3.05, 3.63) is 22.1 Å². The van der Waals surface area contributed by atoms with Gasteiger partial charge >= 0.3 is 0 Å². The number of H-pyrrole nitrogens is 2. The van der Waals surface area contributed by atoms with E-state index in [4.69, 9.17) is 20.7 Å². The summed E-state index contributed by atoms with van der Waals surface area (Å²) in [5, 5.41) is 16.2. The Bertz CT molecular complexity index is 659. The van der Waals surface area contributed by atoms with Crippen molar-refractivity contribution in [2.45, 2.75) is 13.5 Å². The summed E-state index contributed by atoms with van der Waals surface area (Å²) in [7, 11) is 1.88. The van der Waals surface area contributed by atoms with Gasteiger partial charge in [0.15, 0.2) is 0 Å². The Morgan fingerprint density at radius 2 is 2.14 bits per heavy atom. The first-order valence-corrected chi connectivity index (χ1v) is 6.19. The second-order valence-electron chi connectivity index (χ2n) is 4.47. The quantitative estimate of drug-likeness (QED) is 0.503. The molecule has 21 heavy (non-hydrogen) atoms. The minimum atomic E-state index is -0.833. The second kappa shape index (κ2) is 7.41. The molecule has 0 amide bonds. The second-order valence-corrected chi connectivity index (χ2v) is 4.47. The van der Waals surface area contributed by atoms with E-state index in [1.54, 1.807) is 6.20 Å². The molecule has 6 N–H and O–H groups in total. The van der Waals surface area contributed by atoms with Crippen molar-refractivity contribution >= 4 is 23.0 Å². The molecule has 0 aliphatic carbocycles. The molecule has 116 valence electrons. The summed E-state index contributed by atoms with van der Waals surface area (Å²) in [6.07, 6.45) is 1.74. The zero-order valence-corrected chi connectivity index (χ0v) is 11.9. The standard InChI is InChI=1S/C10H15N5O2.C2H4O2/c1-15(2-3-16)5-6-4-12-8-7(6)13-10(11)14-9(8)17;1-2(3)4/h4,12,16H,2-3,5H2,1H3,(H3,11,13,14,17);1H3,(H,3,4). The molecule has 0 atom stereocenters. The molecule has 0 saturated heterocycles. The number of hydrogen-bond acceptors (Lipinski definition) is 6. The van der Waals surface area contributed by atoms with Crippen molar-refractivity contribution in [1.29, 1.82) is 0 Å². The molecule has 0 spiro atoms. The van der Waals surface area contributed by atoms with Gasteiger partial charge in [0.2, 0.25) is 5.95 Å². The molecule has 2 aromatic rings. The number of aliphatic hydroxyl groups excluding tert-OH is 1. The minimum absolute atomic E-state index is 0.0923. The smallest absolute Gasteiger partial charge is 0.300 e. The summed E-state index contributed by atoms with van der Waals surface area (Å²) >= 11 is 0. The molecular weight excluding hydrogens is 278 g/mol. The lowest BCUT2D eigenvalue weighted by Crippen LogP contribution is -2.21. The van der Waals surface area contributed by atoms with Crippen LogP contribution in [0.3, 0.4) is 0 Å². The number of aliphatic carboxylic acids is 1. The maximum Gasteiger partial charge on any atom is 0.300 e. The molecule has 2 rings (SSSR count). The number of nitrogen functional groups attached to an aromatic ring is 1. The van der Waals surface area contributed by atoms with Gasteiger partial charge in [-0.05, 0) is 7.05 Å². The van der Waals surface area contributed by atoms with Crippen LogP contribution in [0.25, 0.3) is 11.0 Å². The van der Waals surface area contributed by atoms with Crippen LogP contribution in [0.2, 0.25) is 0 Å². The first kappa shape index (κ1) is 16.7. The number of aromatic nitrogens is 3. The molecule has 2 aromatic heterocycles. The molecule has 0 unspecified atom stereocenters. The predicted molar refractivity (Wildman–Crippen MR) is 77.9 cm³/mol. The molecule has 9 nitrogen and oxygen atoms in total. The number of rotatable bonds is 4. The van der Waals surface area contributed by atoms with Gasteiger partial charge < -0.3 is 20.9 Å². The van der Waals surface area contributed by atoms with Crippen LogP contribution < -0.4 is 11.3 Å². The third kappa shape index (κ3) is 4.89. The third-order valence-electron chi connectivity index (χ3n) is 2.55. The van der Waals surface area contributed by atoms with E-state index in [-0.39, 0.29) is 18.1 Å². The van der Waals surface area contributed by atoms with Gasteiger partial charge in [-0.25, -0.2) is 4.98 Å². The Balaban J connectivity index is 0.000000491. The number of carbonyl (C=O) groups is 1. The van der Waals surface area contributed by atoms with Crippen molar-refractivity contribution < 1.29 is 15.0 Å². The van der Waals surface area contributed by atoms with E-state index >= 15 is 0 Å². The van der Waals surface area contributed by atoms with Gasteiger partial charge in [0.1, 0.15) is 11.0 Å². The molecular formula is C12H19N5O4. The van der Waals surface area contributed by atoms with Crippen LogP contribution in [-0.2, 0) is 11.3 Å². The van der Waals surface area contributed by atoms with E-state index in [0.29, 0.717) is 24.1 Å². The molecule has 0 aromatic carbocycles. The number of aromatic amines is 2. The average molecular weight is 297 g/mol. The van der Waals surface area contributed by atoms with Crippen molar-refractivity contribution in [2.24, 2.45) is 0 Å². The lowest BCUT2D eigenvalue weighted by Gasteiger charge is -2.13. The van der Waals surface area contributed by atoms with Gasteiger partial charge in [0.25, 0.3) is 11.5 Å². The van der Waals surface area contributed by atoms with E-state index < -0.39 is 5.97 Å². The number of nitrogens with two attached hydrogens (primary N) is 1. The summed E-state index contributed by atoms with van der Waals surface area (Å²) in [5.41, 5.74) is 7.12. The van der Waals surface area contributed by atoms with Crippen LogP contribution in [0, 0.1) is 0 Å². The van der Waals surface area contributed by atoms with E-state index in [1.807, 2.05) is 11.9 Å². The first-order chi connectivity index (χ1) is 9.85. The summed E-state index contributed by atoms with van der Waals surface area (Å²) in [4.78, 5) is 31.9. The predicted octanol–water partition coefficient (Wildman–Crippen LogP) is -0.652. The maximum atomic E-state index is 11.6.